The predicted molar refractivity (Wildman–Crippen MR) is 77.5 cm³/mol. The molecule has 0 spiro atoms. The molecule has 0 aliphatic heterocycles. The highest BCUT2D eigenvalue weighted by Gasteiger charge is 2.06. The van der Waals surface area contributed by atoms with Crippen LogP contribution in [0.4, 0.5) is 10.5 Å². The van der Waals surface area contributed by atoms with E-state index >= 15 is 0 Å². The monoisotopic (exact) mass is 266 g/mol. The minimum atomic E-state index is -0.245. The lowest BCUT2D eigenvalue weighted by atomic mass is 10.2. The molecule has 5 nitrogen and oxygen atoms in total. The van der Waals surface area contributed by atoms with Crippen LogP contribution in [-0.2, 0) is 6.54 Å². The van der Waals surface area contributed by atoms with Crippen molar-refractivity contribution in [3.63, 3.8) is 0 Å². The highest BCUT2D eigenvalue weighted by atomic mass is 16.2. The van der Waals surface area contributed by atoms with Gasteiger partial charge in [-0.3, -0.25) is 0 Å². The summed E-state index contributed by atoms with van der Waals surface area (Å²) in [4.78, 5) is 16.1. The SMILES string of the molecule is O=C(NCc1ccccc1)Nc1cccn2ccnc12. The van der Waals surface area contributed by atoms with E-state index in [4.69, 9.17) is 0 Å². The highest BCUT2D eigenvalue weighted by molar-refractivity contribution is 5.92. The molecule has 0 saturated carbocycles. The van der Waals surface area contributed by atoms with Gasteiger partial charge in [0.1, 0.15) is 0 Å². The van der Waals surface area contributed by atoms with Gasteiger partial charge in [0.2, 0.25) is 0 Å². The Hall–Kier alpha value is -2.82. The molecule has 2 N–H and O–H groups in total. The first-order valence-corrected chi connectivity index (χ1v) is 6.33. The molecule has 5 heteroatoms. The number of amides is 2. The third kappa shape index (κ3) is 2.61. The number of carbonyl (C=O) groups is 1. The predicted octanol–water partition coefficient (Wildman–Crippen LogP) is 2.66. The molecule has 1 aromatic carbocycles. The Bertz CT molecular complexity index is 721. The molecule has 100 valence electrons. The van der Waals surface area contributed by atoms with E-state index in [1.165, 1.54) is 0 Å². The third-order valence-corrected chi connectivity index (χ3v) is 2.96. The van der Waals surface area contributed by atoms with Crippen molar-refractivity contribution < 1.29 is 4.79 Å². The minimum absolute atomic E-state index is 0.245. The van der Waals surface area contributed by atoms with E-state index < -0.39 is 0 Å². The Labute approximate surface area is 116 Å². The van der Waals surface area contributed by atoms with Crippen LogP contribution in [0.1, 0.15) is 5.56 Å². The summed E-state index contributed by atoms with van der Waals surface area (Å²) in [6, 6.07) is 13.2. The molecule has 2 aromatic heterocycles. The van der Waals surface area contributed by atoms with E-state index in [0.717, 1.165) is 11.2 Å². The van der Waals surface area contributed by atoms with Crippen LogP contribution < -0.4 is 10.6 Å². The van der Waals surface area contributed by atoms with E-state index in [1.807, 2.05) is 59.3 Å². The molecular weight excluding hydrogens is 252 g/mol. The van der Waals surface area contributed by atoms with Gasteiger partial charge in [0.25, 0.3) is 0 Å². The number of aromatic nitrogens is 2. The van der Waals surface area contributed by atoms with Gasteiger partial charge < -0.3 is 15.0 Å². The summed E-state index contributed by atoms with van der Waals surface area (Å²) in [5, 5.41) is 5.63. The van der Waals surface area contributed by atoms with E-state index in [2.05, 4.69) is 15.6 Å². The highest BCUT2D eigenvalue weighted by Crippen LogP contribution is 2.14. The zero-order chi connectivity index (χ0) is 13.8. The lowest BCUT2D eigenvalue weighted by molar-refractivity contribution is 0.252. The van der Waals surface area contributed by atoms with Gasteiger partial charge in [-0.2, -0.15) is 0 Å². The average Bonchev–Trinajstić information content (AvgIpc) is 2.96. The Morgan fingerprint density at radius 1 is 1.10 bits per heavy atom. The number of benzene rings is 1. The number of carbonyl (C=O) groups excluding carboxylic acids is 1. The summed E-state index contributed by atoms with van der Waals surface area (Å²) in [6.07, 6.45) is 5.42. The van der Waals surface area contributed by atoms with E-state index in [1.54, 1.807) is 6.20 Å². The van der Waals surface area contributed by atoms with Gasteiger partial charge in [-0.1, -0.05) is 30.3 Å². The van der Waals surface area contributed by atoms with E-state index in [-0.39, 0.29) is 6.03 Å². The molecule has 3 aromatic rings. The second-order valence-corrected chi connectivity index (χ2v) is 4.37. The van der Waals surface area contributed by atoms with Crippen molar-refractivity contribution in [3.8, 4) is 0 Å². The third-order valence-electron chi connectivity index (χ3n) is 2.96. The number of urea groups is 1. The Kier molecular flexibility index (Phi) is 3.33. The summed E-state index contributed by atoms with van der Waals surface area (Å²) in [5.41, 5.74) is 2.46. The van der Waals surface area contributed by atoms with Crippen molar-refractivity contribution >= 4 is 17.4 Å². The first-order chi connectivity index (χ1) is 9.83. The van der Waals surface area contributed by atoms with Gasteiger partial charge in [0, 0.05) is 25.1 Å². The zero-order valence-corrected chi connectivity index (χ0v) is 10.8. The summed E-state index contributed by atoms with van der Waals surface area (Å²) < 4.78 is 1.85. The standard InChI is InChI=1S/C15H14N4O/c20-15(17-11-12-5-2-1-3-6-12)18-13-7-4-9-19-10-8-16-14(13)19/h1-10H,11H2,(H2,17,18,20). The summed E-state index contributed by atoms with van der Waals surface area (Å²) >= 11 is 0. The van der Waals surface area contributed by atoms with E-state index in [9.17, 15) is 4.79 Å². The minimum Gasteiger partial charge on any atom is -0.334 e. The molecule has 0 unspecified atom stereocenters. The van der Waals surface area contributed by atoms with Crippen molar-refractivity contribution in [2.24, 2.45) is 0 Å². The van der Waals surface area contributed by atoms with Crippen LogP contribution >= 0.6 is 0 Å². The molecule has 0 radical (unpaired) electrons. The van der Waals surface area contributed by atoms with Gasteiger partial charge in [0.05, 0.1) is 5.69 Å². The first kappa shape index (κ1) is 12.2. The maximum absolute atomic E-state index is 11.9. The lowest BCUT2D eigenvalue weighted by Gasteiger charge is -2.08. The Morgan fingerprint density at radius 3 is 2.80 bits per heavy atom. The van der Waals surface area contributed by atoms with Crippen molar-refractivity contribution in [3.05, 3.63) is 66.6 Å². The number of hydrogen-bond acceptors (Lipinski definition) is 2. The van der Waals surface area contributed by atoms with Crippen LogP contribution in [-0.4, -0.2) is 15.4 Å². The number of hydrogen-bond donors (Lipinski definition) is 2. The van der Waals surface area contributed by atoms with Gasteiger partial charge in [-0.25, -0.2) is 9.78 Å². The second kappa shape index (κ2) is 5.44. The van der Waals surface area contributed by atoms with Gasteiger partial charge in [-0.05, 0) is 17.7 Å². The summed E-state index contributed by atoms with van der Waals surface area (Å²) in [7, 11) is 0. The van der Waals surface area contributed by atoms with Crippen LogP contribution in [0.2, 0.25) is 0 Å². The number of anilines is 1. The number of imidazole rings is 1. The molecule has 0 aliphatic carbocycles. The number of rotatable bonds is 3. The first-order valence-electron chi connectivity index (χ1n) is 6.33. The molecular formula is C15H14N4O. The molecule has 2 heterocycles. The fraction of sp³-hybridized carbons (Fsp3) is 0.0667. The van der Waals surface area contributed by atoms with Crippen LogP contribution in [0.3, 0.4) is 0 Å². The zero-order valence-electron chi connectivity index (χ0n) is 10.8. The molecule has 2 amide bonds. The maximum atomic E-state index is 11.9. The van der Waals surface area contributed by atoms with Crippen molar-refractivity contribution in [2.75, 3.05) is 5.32 Å². The van der Waals surface area contributed by atoms with Crippen molar-refractivity contribution in [1.29, 1.82) is 0 Å². The van der Waals surface area contributed by atoms with Crippen molar-refractivity contribution in [1.82, 2.24) is 14.7 Å². The largest absolute Gasteiger partial charge is 0.334 e. The fourth-order valence-corrected chi connectivity index (χ4v) is 1.99. The van der Waals surface area contributed by atoms with Gasteiger partial charge in [0.15, 0.2) is 5.65 Å². The number of nitrogens with zero attached hydrogens (tertiary/aromatic N) is 2. The van der Waals surface area contributed by atoms with Crippen LogP contribution in [0.15, 0.2) is 61.1 Å². The normalized spacial score (nSPS) is 10.4. The Morgan fingerprint density at radius 2 is 1.95 bits per heavy atom. The quantitative estimate of drug-likeness (QED) is 0.765. The molecule has 0 fully saturated rings. The van der Waals surface area contributed by atoms with E-state index in [0.29, 0.717) is 12.2 Å². The molecule has 0 atom stereocenters. The van der Waals surface area contributed by atoms with Crippen LogP contribution in [0.5, 0.6) is 0 Å². The summed E-state index contributed by atoms with van der Waals surface area (Å²) in [5.74, 6) is 0. The molecule has 3 rings (SSSR count). The number of fused-ring (bicyclic) bond motifs is 1. The molecule has 0 bridgehead atoms. The van der Waals surface area contributed by atoms with Gasteiger partial charge >= 0.3 is 6.03 Å². The number of nitrogens with one attached hydrogen (secondary N) is 2. The van der Waals surface area contributed by atoms with Gasteiger partial charge in [-0.15, -0.1) is 0 Å². The molecule has 20 heavy (non-hydrogen) atoms. The Balaban J connectivity index is 1.66. The molecule has 0 aliphatic rings. The fourth-order valence-electron chi connectivity index (χ4n) is 1.99. The topological polar surface area (TPSA) is 58.4 Å². The maximum Gasteiger partial charge on any atom is 0.319 e. The summed E-state index contributed by atoms with van der Waals surface area (Å²) in [6.45, 7) is 0.490. The second-order valence-electron chi connectivity index (χ2n) is 4.37. The average molecular weight is 266 g/mol. The smallest absolute Gasteiger partial charge is 0.319 e. The lowest BCUT2D eigenvalue weighted by Crippen LogP contribution is -2.28. The van der Waals surface area contributed by atoms with Crippen molar-refractivity contribution in [2.45, 2.75) is 6.54 Å². The van der Waals surface area contributed by atoms with Crippen LogP contribution in [0, 0.1) is 0 Å². The molecule has 0 saturated heterocycles. The van der Waals surface area contributed by atoms with Crippen LogP contribution in [0.25, 0.3) is 5.65 Å². The number of pyridine rings is 1.